The molecule has 0 aliphatic carbocycles. The molecule has 0 unspecified atom stereocenters. The molecule has 2 heterocycles. The smallest absolute Gasteiger partial charge is 0.332 e. The molecule has 0 radical (unpaired) electrons. The molecule has 0 aliphatic heterocycles. The van der Waals surface area contributed by atoms with Crippen molar-refractivity contribution in [3.8, 4) is 11.4 Å². The Hall–Kier alpha value is -2.67. The van der Waals surface area contributed by atoms with Crippen molar-refractivity contribution >= 4 is 11.2 Å². The summed E-state index contributed by atoms with van der Waals surface area (Å²) in [6.07, 6.45) is 0. The van der Waals surface area contributed by atoms with E-state index in [0.717, 1.165) is 15.7 Å². The summed E-state index contributed by atoms with van der Waals surface area (Å²) in [5.74, 6) is 0.532. The summed E-state index contributed by atoms with van der Waals surface area (Å²) in [5.41, 5.74) is 7.32. The van der Waals surface area contributed by atoms with Gasteiger partial charge in [0.15, 0.2) is 5.65 Å². The third-order valence-corrected chi connectivity index (χ3v) is 3.59. The zero-order chi connectivity index (χ0) is 15.1. The van der Waals surface area contributed by atoms with E-state index in [-0.39, 0.29) is 0 Å². The van der Waals surface area contributed by atoms with E-state index in [1.165, 1.54) is 11.6 Å². The molecule has 0 amide bonds. The van der Waals surface area contributed by atoms with Gasteiger partial charge in [-0.2, -0.15) is 0 Å². The van der Waals surface area contributed by atoms with Gasteiger partial charge in [-0.3, -0.25) is 13.9 Å². The Labute approximate surface area is 119 Å². The molecule has 0 fully saturated rings. The highest BCUT2D eigenvalue weighted by atomic mass is 16.2. The zero-order valence-corrected chi connectivity index (χ0v) is 11.8. The third kappa shape index (κ3) is 1.90. The molecule has 0 saturated carbocycles. The van der Waals surface area contributed by atoms with Crippen LogP contribution in [-0.4, -0.2) is 19.1 Å². The van der Waals surface area contributed by atoms with Crippen molar-refractivity contribution in [3.05, 3.63) is 50.7 Å². The fraction of sp³-hybridized carbons (Fsp3) is 0.214. The number of H-pyrrole nitrogens is 1. The van der Waals surface area contributed by atoms with E-state index in [1.54, 1.807) is 7.05 Å². The molecule has 1 aromatic carbocycles. The second-order valence-electron chi connectivity index (χ2n) is 4.85. The van der Waals surface area contributed by atoms with Crippen LogP contribution in [0.2, 0.25) is 0 Å². The number of imidazole rings is 1. The number of nitrogens with one attached hydrogen (secondary N) is 1. The van der Waals surface area contributed by atoms with Gasteiger partial charge in [-0.25, -0.2) is 9.78 Å². The van der Waals surface area contributed by atoms with Gasteiger partial charge in [-0.05, 0) is 5.56 Å². The first kappa shape index (κ1) is 13.3. The summed E-state index contributed by atoms with van der Waals surface area (Å²) in [5, 5.41) is 0. The van der Waals surface area contributed by atoms with Gasteiger partial charge in [0.05, 0.1) is 0 Å². The molecule has 21 heavy (non-hydrogen) atoms. The van der Waals surface area contributed by atoms with Gasteiger partial charge in [-0.1, -0.05) is 24.3 Å². The molecule has 3 rings (SSSR count). The zero-order valence-electron chi connectivity index (χ0n) is 11.8. The summed E-state index contributed by atoms with van der Waals surface area (Å²) in [7, 11) is 3.03. The Morgan fingerprint density at radius 3 is 2.62 bits per heavy atom. The Morgan fingerprint density at radius 2 is 1.90 bits per heavy atom. The van der Waals surface area contributed by atoms with E-state index in [0.29, 0.717) is 23.5 Å². The number of hydrogen-bond acceptors (Lipinski definition) is 4. The molecule has 7 nitrogen and oxygen atoms in total. The van der Waals surface area contributed by atoms with Crippen LogP contribution in [0.4, 0.5) is 0 Å². The summed E-state index contributed by atoms with van der Waals surface area (Å²) in [4.78, 5) is 31.5. The van der Waals surface area contributed by atoms with Crippen molar-refractivity contribution in [2.24, 2.45) is 19.8 Å². The van der Waals surface area contributed by atoms with Crippen molar-refractivity contribution in [2.45, 2.75) is 6.54 Å². The quantitative estimate of drug-likeness (QED) is 0.697. The predicted molar refractivity (Wildman–Crippen MR) is 79.9 cm³/mol. The van der Waals surface area contributed by atoms with Crippen LogP contribution in [0.5, 0.6) is 0 Å². The molecule has 0 spiro atoms. The minimum Gasteiger partial charge on any atom is -0.332 e. The normalized spacial score (nSPS) is 11.2. The summed E-state index contributed by atoms with van der Waals surface area (Å²) in [6.45, 7) is 0.365. The van der Waals surface area contributed by atoms with E-state index < -0.39 is 11.2 Å². The molecule has 0 aliphatic rings. The van der Waals surface area contributed by atoms with Crippen LogP contribution < -0.4 is 17.0 Å². The number of rotatable bonds is 2. The first-order chi connectivity index (χ1) is 10.0. The number of nitrogens with zero attached hydrogens (tertiary/aromatic N) is 3. The monoisotopic (exact) mass is 285 g/mol. The van der Waals surface area contributed by atoms with E-state index in [2.05, 4.69) is 9.97 Å². The molecule has 2 aromatic heterocycles. The van der Waals surface area contributed by atoms with Crippen LogP contribution in [0, 0.1) is 0 Å². The van der Waals surface area contributed by atoms with Gasteiger partial charge in [0.25, 0.3) is 5.56 Å². The third-order valence-electron chi connectivity index (χ3n) is 3.59. The van der Waals surface area contributed by atoms with E-state index in [1.807, 2.05) is 24.3 Å². The summed E-state index contributed by atoms with van der Waals surface area (Å²) < 4.78 is 2.40. The van der Waals surface area contributed by atoms with Crippen LogP contribution in [-0.2, 0) is 20.6 Å². The van der Waals surface area contributed by atoms with Crippen molar-refractivity contribution in [1.29, 1.82) is 0 Å². The number of benzene rings is 1. The molecule has 3 N–H and O–H groups in total. The van der Waals surface area contributed by atoms with E-state index in [4.69, 9.17) is 5.73 Å². The van der Waals surface area contributed by atoms with Crippen LogP contribution in [0.25, 0.3) is 22.6 Å². The number of hydrogen-bond donors (Lipinski definition) is 2. The van der Waals surface area contributed by atoms with Crippen LogP contribution >= 0.6 is 0 Å². The molecular weight excluding hydrogens is 270 g/mol. The molecular formula is C14H15N5O2. The number of aromatic amines is 1. The molecule has 0 atom stereocenters. The summed E-state index contributed by atoms with van der Waals surface area (Å²) in [6, 6.07) is 7.55. The lowest BCUT2D eigenvalue weighted by molar-refractivity contribution is 0.709. The average Bonchev–Trinajstić information content (AvgIpc) is 2.96. The number of fused-ring (bicyclic) bond motifs is 1. The highest BCUT2D eigenvalue weighted by Gasteiger charge is 2.15. The number of nitrogens with two attached hydrogens (primary N) is 1. The highest BCUT2D eigenvalue weighted by molar-refractivity contribution is 5.76. The van der Waals surface area contributed by atoms with Crippen LogP contribution in [0.1, 0.15) is 5.56 Å². The van der Waals surface area contributed by atoms with Gasteiger partial charge >= 0.3 is 5.69 Å². The molecule has 108 valence electrons. The second-order valence-corrected chi connectivity index (χ2v) is 4.85. The molecule has 7 heteroatoms. The second kappa shape index (κ2) is 4.71. The maximum absolute atomic E-state index is 12.2. The minimum atomic E-state index is -0.405. The van der Waals surface area contributed by atoms with Crippen molar-refractivity contribution in [1.82, 2.24) is 19.1 Å². The lowest BCUT2D eigenvalue weighted by atomic mass is 10.1. The van der Waals surface area contributed by atoms with E-state index >= 15 is 0 Å². The lowest BCUT2D eigenvalue weighted by Gasteiger charge is -2.03. The van der Waals surface area contributed by atoms with Crippen molar-refractivity contribution < 1.29 is 0 Å². The predicted octanol–water partition coefficient (Wildman–Crippen LogP) is 0.0860. The summed E-state index contributed by atoms with van der Waals surface area (Å²) >= 11 is 0. The largest absolute Gasteiger partial charge is 0.332 e. The van der Waals surface area contributed by atoms with Crippen LogP contribution in [0.3, 0.4) is 0 Å². The minimum absolute atomic E-state index is 0.307. The van der Waals surface area contributed by atoms with Gasteiger partial charge in [-0.15, -0.1) is 0 Å². The average molecular weight is 285 g/mol. The van der Waals surface area contributed by atoms with Gasteiger partial charge in [0, 0.05) is 26.2 Å². The maximum atomic E-state index is 12.2. The fourth-order valence-corrected chi connectivity index (χ4v) is 2.38. The van der Waals surface area contributed by atoms with Crippen molar-refractivity contribution in [3.63, 3.8) is 0 Å². The topological polar surface area (TPSA) is 98.7 Å². The maximum Gasteiger partial charge on any atom is 0.332 e. The number of aromatic nitrogens is 4. The number of aryl methyl sites for hydroxylation is 1. The Balaban J connectivity index is 2.37. The Bertz CT molecular complexity index is 948. The lowest BCUT2D eigenvalue weighted by Crippen LogP contribution is -2.36. The molecule has 3 aromatic rings. The highest BCUT2D eigenvalue weighted by Crippen LogP contribution is 2.21. The van der Waals surface area contributed by atoms with Crippen molar-refractivity contribution in [2.75, 3.05) is 0 Å². The van der Waals surface area contributed by atoms with Gasteiger partial charge in [0.2, 0.25) is 0 Å². The fourth-order valence-electron chi connectivity index (χ4n) is 2.38. The Morgan fingerprint density at radius 1 is 1.19 bits per heavy atom. The molecule has 0 saturated heterocycles. The Kier molecular flexibility index (Phi) is 2.99. The first-order valence-corrected chi connectivity index (χ1v) is 6.48. The van der Waals surface area contributed by atoms with E-state index in [9.17, 15) is 9.59 Å². The van der Waals surface area contributed by atoms with Gasteiger partial charge in [0.1, 0.15) is 11.3 Å². The molecule has 0 bridgehead atoms. The first-order valence-electron chi connectivity index (χ1n) is 6.48. The standard InChI is InChI=1S/C14H15N5O2/c1-18-12-10(13(20)19(2)14(18)21)16-11(17-12)9-6-4-3-5-8(9)7-15/h3-6H,7,15H2,1-2H3,(H,16,17). The van der Waals surface area contributed by atoms with Gasteiger partial charge < -0.3 is 10.7 Å². The van der Waals surface area contributed by atoms with Crippen LogP contribution in [0.15, 0.2) is 33.9 Å². The SMILES string of the molecule is Cn1c(=O)c2[nH]c(-c3ccccc3CN)nc2n(C)c1=O.